The van der Waals surface area contributed by atoms with Gasteiger partial charge in [-0.15, -0.1) is 0 Å². The number of rotatable bonds is 5. The van der Waals surface area contributed by atoms with Gasteiger partial charge in [-0.25, -0.2) is 0 Å². The monoisotopic (exact) mass is 189 g/mol. The van der Waals surface area contributed by atoms with Gasteiger partial charge in [0.15, 0.2) is 0 Å². The van der Waals surface area contributed by atoms with E-state index in [1.54, 1.807) is 0 Å². The zero-order valence-electron chi connectivity index (χ0n) is 7.69. The maximum atomic E-state index is 8.49. The number of hydrogen-bond acceptors (Lipinski definition) is 5. The van der Waals surface area contributed by atoms with Crippen LogP contribution in [-0.2, 0) is 9.47 Å². The van der Waals surface area contributed by atoms with Gasteiger partial charge < -0.3 is 19.5 Å². The third-order valence-electron chi connectivity index (χ3n) is 1.92. The van der Waals surface area contributed by atoms with E-state index < -0.39 is 7.12 Å². The van der Waals surface area contributed by atoms with Gasteiger partial charge in [-0.3, -0.25) is 4.90 Å². The summed E-state index contributed by atoms with van der Waals surface area (Å²) in [6.07, 6.45) is 0. The van der Waals surface area contributed by atoms with Crippen molar-refractivity contribution in [2.75, 3.05) is 46.0 Å². The largest absolute Gasteiger partial charge is 0.479 e. The normalized spacial score (nSPS) is 18.9. The Bertz CT molecular complexity index is 130. The quantitative estimate of drug-likeness (QED) is 0.400. The van der Waals surface area contributed by atoms with Gasteiger partial charge in [0.1, 0.15) is 0 Å². The van der Waals surface area contributed by atoms with Crippen LogP contribution >= 0.6 is 0 Å². The van der Waals surface area contributed by atoms with Gasteiger partial charge in [-0.05, 0) is 0 Å². The summed E-state index contributed by atoms with van der Waals surface area (Å²) >= 11 is 0. The lowest BCUT2D eigenvalue weighted by molar-refractivity contribution is 0.0232. The van der Waals surface area contributed by atoms with Crippen LogP contribution in [0.3, 0.4) is 0 Å². The topological polar surface area (TPSA) is 62.2 Å². The Balaban J connectivity index is 1.92. The predicted molar refractivity (Wildman–Crippen MR) is 48.3 cm³/mol. The van der Waals surface area contributed by atoms with Crippen molar-refractivity contribution in [1.29, 1.82) is 0 Å². The van der Waals surface area contributed by atoms with Crippen LogP contribution in [0.1, 0.15) is 0 Å². The Kier molecular flexibility index (Phi) is 5.34. The Hall–Kier alpha value is -0.135. The van der Waals surface area contributed by atoms with Gasteiger partial charge in [0.25, 0.3) is 0 Å². The third kappa shape index (κ3) is 5.23. The van der Waals surface area contributed by atoms with Crippen LogP contribution in [-0.4, -0.2) is 68.0 Å². The summed E-state index contributed by atoms with van der Waals surface area (Å²) in [6, 6.07) is 0. The molecule has 0 spiro atoms. The van der Waals surface area contributed by atoms with Crippen molar-refractivity contribution >= 4 is 7.12 Å². The second-order valence-electron chi connectivity index (χ2n) is 3.01. The van der Waals surface area contributed by atoms with E-state index in [9.17, 15) is 0 Å². The molecule has 1 aliphatic rings. The SMILES string of the molecule is OB(O)COCCN1CCOCC1. The van der Waals surface area contributed by atoms with Crippen molar-refractivity contribution < 1.29 is 19.5 Å². The van der Waals surface area contributed by atoms with E-state index in [4.69, 9.17) is 19.5 Å². The second kappa shape index (κ2) is 6.34. The van der Waals surface area contributed by atoms with Gasteiger partial charge in [0.05, 0.1) is 26.3 Å². The van der Waals surface area contributed by atoms with Gasteiger partial charge in [0, 0.05) is 19.6 Å². The fourth-order valence-electron chi connectivity index (χ4n) is 1.21. The maximum Gasteiger partial charge on any atom is 0.479 e. The molecule has 0 unspecified atom stereocenters. The van der Waals surface area contributed by atoms with E-state index >= 15 is 0 Å². The molecule has 76 valence electrons. The molecule has 1 aliphatic heterocycles. The van der Waals surface area contributed by atoms with Crippen molar-refractivity contribution in [3.8, 4) is 0 Å². The molecule has 1 rings (SSSR count). The summed E-state index contributed by atoms with van der Waals surface area (Å²) in [6.45, 7) is 4.79. The zero-order chi connectivity index (χ0) is 9.52. The minimum absolute atomic E-state index is 0.00958. The molecule has 0 radical (unpaired) electrons. The molecular formula is C7H16BNO4. The van der Waals surface area contributed by atoms with Gasteiger partial charge in [0.2, 0.25) is 0 Å². The molecule has 0 aromatic heterocycles. The van der Waals surface area contributed by atoms with Crippen molar-refractivity contribution in [3.05, 3.63) is 0 Å². The van der Waals surface area contributed by atoms with Crippen LogP contribution in [0.5, 0.6) is 0 Å². The first kappa shape index (κ1) is 10.9. The van der Waals surface area contributed by atoms with Crippen LogP contribution in [0.25, 0.3) is 0 Å². The van der Waals surface area contributed by atoms with Crippen molar-refractivity contribution in [2.24, 2.45) is 0 Å². The molecule has 5 nitrogen and oxygen atoms in total. The molecular weight excluding hydrogens is 173 g/mol. The number of nitrogens with zero attached hydrogens (tertiary/aromatic N) is 1. The average Bonchev–Trinajstić information content (AvgIpc) is 2.14. The highest BCUT2D eigenvalue weighted by atomic mass is 16.5. The minimum Gasteiger partial charge on any atom is -0.426 e. The van der Waals surface area contributed by atoms with E-state index in [2.05, 4.69) is 4.90 Å². The van der Waals surface area contributed by atoms with E-state index in [1.807, 2.05) is 0 Å². The van der Waals surface area contributed by atoms with E-state index in [-0.39, 0.29) is 6.51 Å². The first-order valence-corrected chi connectivity index (χ1v) is 4.53. The second-order valence-corrected chi connectivity index (χ2v) is 3.01. The van der Waals surface area contributed by atoms with Crippen LogP contribution < -0.4 is 0 Å². The Labute approximate surface area is 78.4 Å². The Morgan fingerprint density at radius 1 is 1.31 bits per heavy atom. The lowest BCUT2D eigenvalue weighted by Crippen LogP contribution is -2.38. The lowest BCUT2D eigenvalue weighted by atomic mass is 9.95. The highest BCUT2D eigenvalue weighted by molar-refractivity contribution is 6.40. The van der Waals surface area contributed by atoms with Gasteiger partial charge in [-0.1, -0.05) is 0 Å². The molecule has 6 heteroatoms. The fourth-order valence-corrected chi connectivity index (χ4v) is 1.21. The first-order valence-electron chi connectivity index (χ1n) is 4.53. The smallest absolute Gasteiger partial charge is 0.426 e. The zero-order valence-corrected chi connectivity index (χ0v) is 7.69. The standard InChI is InChI=1S/C7H16BNO4/c10-8(11)7-13-6-3-9-1-4-12-5-2-9/h10-11H,1-7H2. The molecule has 0 aliphatic carbocycles. The maximum absolute atomic E-state index is 8.49. The molecule has 1 heterocycles. The first-order chi connectivity index (χ1) is 6.29. The molecule has 0 bridgehead atoms. The number of ether oxygens (including phenoxy) is 2. The number of morpholine rings is 1. The highest BCUT2D eigenvalue weighted by Crippen LogP contribution is 1.95. The van der Waals surface area contributed by atoms with Crippen LogP contribution in [0.2, 0.25) is 0 Å². The van der Waals surface area contributed by atoms with Crippen LogP contribution in [0, 0.1) is 0 Å². The molecule has 0 amide bonds. The Morgan fingerprint density at radius 2 is 2.00 bits per heavy atom. The van der Waals surface area contributed by atoms with Crippen molar-refractivity contribution in [3.63, 3.8) is 0 Å². The summed E-state index contributed by atoms with van der Waals surface area (Å²) in [4.78, 5) is 2.23. The number of hydrogen-bond donors (Lipinski definition) is 2. The van der Waals surface area contributed by atoms with Crippen LogP contribution in [0.4, 0.5) is 0 Å². The third-order valence-corrected chi connectivity index (χ3v) is 1.92. The summed E-state index contributed by atoms with van der Waals surface area (Å²) in [5.41, 5.74) is 0. The average molecular weight is 189 g/mol. The molecule has 1 saturated heterocycles. The fraction of sp³-hybridized carbons (Fsp3) is 1.00. The van der Waals surface area contributed by atoms with Crippen molar-refractivity contribution in [2.45, 2.75) is 0 Å². The molecule has 0 aromatic carbocycles. The minimum atomic E-state index is -1.36. The van der Waals surface area contributed by atoms with Gasteiger partial charge in [-0.2, -0.15) is 0 Å². The van der Waals surface area contributed by atoms with Crippen LogP contribution in [0.15, 0.2) is 0 Å². The van der Waals surface area contributed by atoms with E-state index in [0.29, 0.717) is 6.61 Å². The Morgan fingerprint density at radius 3 is 2.62 bits per heavy atom. The molecule has 0 aromatic rings. The molecule has 0 atom stereocenters. The molecule has 0 saturated carbocycles. The summed E-state index contributed by atoms with van der Waals surface area (Å²) in [5.74, 6) is 0. The molecule has 13 heavy (non-hydrogen) atoms. The summed E-state index contributed by atoms with van der Waals surface area (Å²) < 4.78 is 10.2. The molecule has 2 N–H and O–H groups in total. The molecule has 1 fully saturated rings. The van der Waals surface area contributed by atoms with Gasteiger partial charge >= 0.3 is 7.12 Å². The summed E-state index contributed by atoms with van der Waals surface area (Å²) in [5, 5.41) is 17.0. The van der Waals surface area contributed by atoms with Crippen molar-refractivity contribution in [1.82, 2.24) is 4.90 Å². The highest BCUT2D eigenvalue weighted by Gasteiger charge is 2.10. The summed E-state index contributed by atoms with van der Waals surface area (Å²) in [7, 11) is -1.36. The lowest BCUT2D eigenvalue weighted by Gasteiger charge is -2.26. The predicted octanol–water partition coefficient (Wildman–Crippen LogP) is -1.65. The van der Waals surface area contributed by atoms with E-state index in [1.165, 1.54) is 0 Å². The van der Waals surface area contributed by atoms with E-state index in [0.717, 1.165) is 32.8 Å².